The zero-order valence-corrected chi connectivity index (χ0v) is 15.2. The number of aryl methyl sites for hydroxylation is 2. The van der Waals surface area contributed by atoms with Crippen molar-refractivity contribution in [3.63, 3.8) is 0 Å². The monoisotopic (exact) mass is 370 g/mol. The molecule has 0 saturated heterocycles. The minimum atomic E-state index is -0.461. The molecule has 8 nitrogen and oxygen atoms in total. The molecule has 2 aromatic heterocycles. The Hall–Kier alpha value is -3.49. The van der Waals surface area contributed by atoms with Gasteiger partial charge < -0.3 is 10.6 Å². The van der Waals surface area contributed by atoms with E-state index in [0.717, 1.165) is 5.69 Å². The van der Waals surface area contributed by atoms with E-state index >= 15 is 0 Å². The molecule has 2 N–H and O–H groups in total. The Kier molecular flexibility index (Phi) is 5.02. The molecule has 2 heterocycles. The number of nitrogens with zero attached hydrogens (tertiary/aromatic N) is 4. The molecule has 0 fully saturated rings. The zero-order chi connectivity index (χ0) is 19.6. The molecule has 0 aliphatic heterocycles. The van der Waals surface area contributed by atoms with E-state index in [1.54, 1.807) is 17.9 Å². The maximum absolute atomic E-state index is 13.0. The maximum atomic E-state index is 13.0. The van der Waals surface area contributed by atoms with Crippen LogP contribution in [0, 0.1) is 12.7 Å². The van der Waals surface area contributed by atoms with Crippen LogP contribution >= 0.6 is 0 Å². The molecular formula is C18H19FN6O2. The number of benzene rings is 1. The first-order valence-electron chi connectivity index (χ1n) is 8.33. The smallest absolute Gasteiger partial charge is 0.276 e. The highest BCUT2D eigenvalue weighted by atomic mass is 19.1. The topological polar surface area (TPSA) is 93.8 Å². The molecule has 0 unspecified atom stereocenters. The van der Waals surface area contributed by atoms with Crippen LogP contribution in [0.1, 0.15) is 33.5 Å². The SMILES string of the molecule is CCn1ncc(NC(=O)c2ccc(F)cc2)c1C(=O)Nc1cnn(C)c1C. The average Bonchev–Trinajstić information content (AvgIpc) is 3.20. The molecule has 2 amide bonds. The lowest BCUT2D eigenvalue weighted by Gasteiger charge is -2.10. The van der Waals surface area contributed by atoms with Gasteiger partial charge in [-0.05, 0) is 38.1 Å². The number of halogens is 1. The van der Waals surface area contributed by atoms with Crippen LogP contribution in [0.4, 0.5) is 15.8 Å². The van der Waals surface area contributed by atoms with Crippen molar-refractivity contribution in [2.75, 3.05) is 10.6 Å². The number of hydrogen-bond donors (Lipinski definition) is 2. The zero-order valence-electron chi connectivity index (χ0n) is 15.2. The highest BCUT2D eigenvalue weighted by molar-refractivity contribution is 6.11. The Morgan fingerprint density at radius 3 is 2.26 bits per heavy atom. The van der Waals surface area contributed by atoms with Crippen LogP contribution in [0.5, 0.6) is 0 Å². The molecule has 9 heteroatoms. The molecule has 0 atom stereocenters. The molecule has 0 bridgehead atoms. The van der Waals surface area contributed by atoms with E-state index < -0.39 is 17.6 Å². The van der Waals surface area contributed by atoms with Gasteiger partial charge in [-0.15, -0.1) is 0 Å². The summed E-state index contributed by atoms with van der Waals surface area (Å²) in [5.74, 6) is -1.31. The number of amides is 2. The first-order valence-corrected chi connectivity index (χ1v) is 8.33. The summed E-state index contributed by atoms with van der Waals surface area (Å²) in [5, 5.41) is 13.7. The van der Waals surface area contributed by atoms with E-state index in [1.807, 2.05) is 13.8 Å². The van der Waals surface area contributed by atoms with Gasteiger partial charge in [0, 0.05) is 19.2 Å². The number of nitrogens with one attached hydrogen (secondary N) is 2. The molecule has 0 aliphatic carbocycles. The normalized spacial score (nSPS) is 10.7. The lowest BCUT2D eigenvalue weighted by atomic mass is 10.2. The Balaban J connectivity index is 1.86. The Bertz CT molecular complexity index is 990. The first-order chi connectivity index (χ1) is 12.9. The van der Waals surface area contributed by atoms with Crippen molar-refractivity contribution in [3.8, 4) is 0 Å². The van der Waals surface area contributed by atoms with Gasteiger partial charge in [0.2, 0.25) is 0 Å². The van der Waals surface area contributed by atoms with Gasteiger partial charge in [0.15, 0.2) is 0 Å². The van der Waals surface area contributed by atoms with Gasteiger partial charge in [0.25, 0.3) is 11.8 Å². The summed E-state index contributed by atoms with van der Waals surface area (Å²) >= 11 is 0. The lowest BCUT2D eigenvalue weighted by Crippen LogP contribution is -2.21. The fourth-order valence-corrected chi connectivity index (χ4v) is 2.55. The fourth-order valence-electron chi connectivity index (χ4n) is 2.55. The number of carbonyl (C=O) groups excluding carboxylic acids is 2. The van der Waals surface area contributed by atoms with Crippen LogP contribution in [0.2, 0.25) is 0 Å². The van der Waals surface area contributed by atoms with Gasteiger partial charge in [0.05, 0.1) is 29.5 Å². The van der Waals surface area contributed by atoms with Crippen molar-refractivity contribution in [2.24, 2.45) is 7.05 Å². The van der Waals surface area contributed by atoms with Crippen molar-refractivity contribution >= 4 is 23.2 Å². The van der Waals surface area contributed by atoms with Crippen LogP contribution < -0.4 is 10.6 Å². The molecule has 0 aliphatic rings. The second-order valence-corrected chi connectivity index (χ2v) is 5.91. The number of anilines is 2. The molecule has 0 spiro atoms. The van der Waals surface area contributed by atoms with Crippen LogP contribution in [0.3, 0.4) is 0 Å². The van der Waals surface area contributed by atoms with Gasteiger partial charge >= 0.3 is 0 Å². The van der Waals surface area contributed by atoms with Crippen molar-refractivity contribution in [2.45, 2.75) is 20.4 Å². The Morgan fingerprint density at radius 1 is 1.04 bits per heavy atom. The highest BCUT2D eigenvalue weighted by Gasteiger charge is 2.21. The van der Waals surface area contributed by atoms with Crippen LogP contribution in [-0.4, -0.2) is 31.4 Å². The summed E-state index contributed by atoms with van der Waals surface area (Å²) in [6.45, 7) is 4.11. The molecular weight excluding hydrogens is 351 g/mol. The number of carbonyl (C=O) groups is 2. The summed E-state index contributed by atoms with van der Waals surface area (Å²) < 4.78 is 16.2. The van der Waals surface area contributed by atoms with Gasteiger partial charge in [-0.3, -0.25) is 19.0 Å². The molecule has 0 saturated carbocycles. The summed E-state index contributed by atoms with van der Waals surface area (Å²) in [6.07, 6.45) is 2.96. The second kappa shape index (κ2) is 7.40. The summed E-state index contributed by atoms with van der Waals surface area (Å²) in [5.41, 5.74) is 2.13. The lowest BCUT2D eigenvalue weighted by molar-refractivity contribution is 0.101. The van der Waals surface area contributed by atoms with E-state index in [1.165, 1.54) is 35.1 Å². The molecule has 3 aromatic rings. The average molecular weight is 370 g/mol. The van der Waals surface area contributed by atoms with Gasteiger partial charge in [0.1, 0.15) is 11.5 Å². The van der Waals surface area contributed by atoms with Gasteiger partial charge in [-0.1, -0.05) is 0 Å². The predicted molar refractivity (Wildman–Crippen MR) is 98.2 cm³/mol. The van der Waals surface area contributed by atoms with Crippen molar-refractivity contribution in [1.29, 1.82) is 0 Å². The van der Waals surface area contributed by atoms with Crippen LogP contribution in [0.15, 0.2) is 36.7 Å². The van der Waals surface area contributed by atoms with E-state index in [4.69, 9.17) is 0 Å². The number of hydrogen-bond acceptors (Lipinski definition) is 4. The summed E-state index contributed by atoms with van der Waals surface area (Å²) in [6, 6.07) is 5.13. The van der Waals surface area contributed by atoms with E-state index in [2.05, 4.69) is 20.8 Å². The van der Waals surface area contributed by atoms with E-state index in [0.29, 0.717) is 12.2 Å². The minimum Gasteiger partial charge on any atom is -0.319 e. The second-order valence-electron chi connectivity index (χ2n) is 5.91. The van der Waals surface area contributed by atoms with Crippen molar-refractivity contribution in [1.82, 2.24) is 19.6 Å². The third-order valence-corrected chi connectivity index (χ3v) is 4.19. The standard InChI is InChI=1S/C18H19FN6O2/c1-4-25-16(18(27)22-14-9-20-24(3)11(14)2)15(10-21-25)23-17(26)12-5-7-13(19)8-6-12/h5-10H,4H2,1-3H3,(H,22,27)(H,23,26). The first kappa shape index (κ1) is 18.3. The number of aromatic nitrogens is 4. The molecule has 27 heavy (non-hydrogen) atoms. The molecule has 3 rings (SSSR count). The maximum Gasteiger partial charge on any atom is 0.276 e. The van der Waals surface area contributed by atoms with Gasteiger partial charge in [-0.25, -0.2) is 4.39 Å². The third kappa shape index (κ3) is 3.71. The van der Waals surface area contributed by atoms with Crippen molar-refractivity contribution in [3.05, 3.63) is 59.4 Å². The van der Waals surface area contributed by atoms with Crippen molar-refractivity contribution < 1.29 is 14.0 Å². The Morgan fingerprint density at radius 2 is 1.67 bits per heavy atom. The summed E-state index contributed by atoms with van der Waals surface area (Å²) in [4.78, 5) is 25.2. The Labute approximate surface area is 155 Å². The van der Waals surface area contributed by atoms with Crippen LogP contribution in [0.25, 0.3) is 0 Å². The van der Waals surface area contributed by atoms with E-state index in [-0.39, 0.29) is 16.9 Å². The predicted octanol–water partition coefficient (Wildman–Crippen LogP) is 2.59. The molecule has 1 aromatic carbocycles. The van der Waals surface area contributed by atoms with Gasteiger partial charge in [-0.2, -0.15) is 10.2 Å². The fraction of sp³-hybridized carbons (Fsp3) is 0.222. The molecule has 0 radical (unpaired) electrons. The van der Waals surface area contributed by atoms with Crippen LogP contribution in [-0.2, 0) is 13.6 Å². The number of rotatable bonds is 5. The largest absolute Gasteiger partial charge is 0.319 e. The molecule has 140 valence electrons. The minimum absolute atomic E-state index is 0.219. The quantitative estimate of drug-likeness (QED) is 0.722. The highest BCUT2D eigenvalue weighted by Crippen LogP contribution is 2.20. The van der Waals surface area contributed by atoms with E-state index in [9.17, 15) is 14.0 Å². The summed E-state index contributed by atoms with van der Waals surface area (Å²) in [7, 11) is 1.77. The third-order valence-electron chi connectivity index (χ3n) is 4.19.